The van der Waals surface area contributed by atoms with Crippen LogP contribution in [0.1, 0.15) is 67.8 Å². The first-order valence-corrected chi connectivity index (χ1v) is 12.6. The number of fused-ring (bicyclic) bond motifs is 5. The van der Waals surface area contributed by atoms with E-state index >= 15 is 0 Å². The third kappa shape index (κ3) is 4.80. The molecule has 36 heavy (non-hydrogen) atoms. The van der Waals surface area contributed by atoms with Gasteiger partial charge in [0, 0.05) is 25.1 Å². The molecular weight excluding hydrogens is 462 g/mol. The smallest absolute Gasteiger partial charge is 0.387 e. The van der Waals surface area contributed by atoms with E-state index in [-0.39, 0.29) is 23.4 Å². The number of aromatic nitrogens is 2. The Balaban J connectivity index is 0.00000148. The van der Waals surface area contributed by atoms with E-state index in [2.05, 4.69) is 17.2 Å². The SMILES string of the molecule is CC.CC[C@@H]1c2nc3ccc(C#CC4CCCNC4)cc3n2-c2c(OC(F)F)cccc2C(=O)N1C. The number of nitrogens with zero attached hydrogens (tertiary/aromatic N) is 3. The topological polar surface area (TPSA) is 59.4 Å². The van der Waals surface area contributed by atoms with Crippen LogP contribution in [0.2, 0.25) is 0 Å². The van der Waals surface area contributed by atoms with Crippen LogP contribution in [0.4, 0.5) is 8.78 Å². The molecule has 1 unspecified atom stereocenters. The minimum atomic E-state index is -3.02. The molecule has 0 saturated carbocycles. The summed E-state index contributed by atoms with van der Waals surface area (Å²) in [5.41, 5.74) is 2.80. The number of hydrogen-bond donors (Lipinski definition) is 1. The maximum Gasteiger partial charge on any atom is 0.387 e. The summed E-state index contributed by atoms with van der Waals surface area (Å²) in [6, 6.07) is 10.1. The first kappa shape index (κ1) is 25.6. The predicted octanol–water partition coefficient (Wildman–Crippen LogP) is 5.54. The summed E-state index contributed by atoms with van der Waals surface area (Å²) in [5, 5.41) is 3.37. The van der Waals surface area contributed by atoms with Crippen molar-refractivity contribution >= 4 is 16.9 Å². The Morgan fingerprint density at radius 3 is 2.75 bits per heavy atom. The highest BCUT2D eigenvalue weighted by molar-refractivity contribution is 6.00. The van der Waals surface area contributed by atoms with Gasteiger partial charge in [-0.25, -0.2) is 4.98 Å². The summed E-state index contributed by atoms with van der Waals surface area (Å²) in [5.74, 6) is 7.21. The Labute approximate surface area is 210 Å². The number of imidazole rings is 1. The van der Waals surface area contributed by atoms with E-state index in [9.17, 15) is 13.6 Å². The van der Waals surface area contributed by atoms with Crippen LogP contribution in [0.3, 0.4) is 0 Å². The second-order valence-corrected chi connectivity index (χ2v) is 8.69. The molecule has 1 fully saturated rings. The molecule has 1 N–H and O–H groups in total. The monoisotopic (exact) mass is 494 g/mol. The normalized spacial score (nSPS) is 19.0. The Bertz CT molecular complexity index is 1300. The first-order valence-electron chi connectivity index (χ1n) is 12.6. The van der Waals surface area contributed by atoms with Crippen molar-refractivity contribution in [3.8, 4) is 23.3 Å². The zero-order chi connectivity index (χ0) is 25.8. The molecule has 190 valence electrons. The zero-order valence-electron chi connectivity index (χ0n) is 21.1. The Morgan fingerprint density at radius 2 is 2.06 bits per heavy atom. The van der Waals surface area contributed by atoms with Crippen LogP contribution in [-0.4, -0.2) is 47.1 Å². The van der Waals surface area contributed by atoms with Crippen molar-refractivity contribution in [2.75, 3.05) is 20.1 Å². The number of piperidine rings is 1. The highest BCUT2D eigenvalue weighted by Gasteiger charge is 2.35. The van der Waals surface area contributed by atoms with E-state index < -0.39 is 6.61 Å². The minimum absolute atomic E-state index is 0.0590. The number of nitrogens with one attached hydrogen (secondary N) is 1. The number of benzene rings is 2. The molecule has 2 aliphatic rings. The van der Waals surface area contributed by atoms with E-state index in [1.165, 1.54) is 6.07 Å². The first-order chi connectivity index (χ1) is 17.5. The van der Waals surface area contributed by atoms with Crippen LogP contribution in [0.25, 0.3) is 16.7 Å². The molecule has 1 amide bonds. The maximum absolute atomic E-state index is 13.3. The van der Waals surface area contributed by atoms with Crippen LogP contribution in [-0.2, 0) is 0 Å². The molecule has 1 aromatic heterocycles. The molecular formula is C28H32F2N4O2. The number of alkyl halides is 2. The average Bonchev–Trinajstić information content (AvgIpc) is 3.22. The van der Waals surface area contributed by atoms with Crippen molar-refractivity contribution in [3.05, 3.63) is 53.3 Å². The van der Waals surface area contributed by atoms with E-state index in [1.54, 1.807) is 28.6 Å². The predicted molar refractivity (Wildman–Crippen MR) is 137 cm³/mol. The van der Waals surface area contributed by atoms with Gasteiger partial charge in [0.2, 0.25) is 0 Å². The molecule has 2 aliphatic heterocycles. The molecule has 0 aliphatic carbocycles. The van der Waals surface area contributed by atoms with Crippen molar-refractivity contribution < 1.29 is 18.3 Å². The fourth-order valence-corrected chi connectivity index (χ4v) is 4.87. The van der Waals surface area contributed by atoms with Crippen molar-refractivity contribution in [1.82, 2.24) is 19.8 Å². The number of carbonyl (C=O) groups is 1. The van der Waals surface area contributed by atoms with E-state index in [4.69, 9.17) is 9.72 Å². The van der Waals surface area contributed by atoms with Crippen LogP contribution in [0.15, 0.2) is 36.4 Å². The number of hydrogen-bond acceptors (Lipinski definition) is 4. The maximum atomic E-state index is 13.3. The number of para-hydroxylation sites is 1. The Hall–Kier alpha value is -3.44. The largest absolute Gasteiger partial charge is 0.433 e. The van der Waals surface area contributed by atoms with Crippen LogP contribution < -0.4 is 10.1 Å². The van der Waals surface area contributed by atoms with E-state index in [0.717, 1.165) is 31.5 Å². The summed E-state index contributed by atoms with van der Waals surface area (Å²) in [6.07, 6.45) is 2.79. The van der Waals surface area contributed by atoms with E-state index in [0.29, 0.717) is 34.8 Å². The lowest BCUT2D eigenvalue weighted by atomic mass is 10.00. The number of amides is 1. The van der Waals surface area contributed by atoms with Gasteiger partial charge in [-0.05, 0) is 56.1 Å². The van der Waals surface area contributed by atoms with Crippen LogP contribution >= 0.6 is 0 Å². The summed E-state index contributed by atoms with van der Waals surface area (Å²) in [7, 11) is 1.71. The van der Waals surface area contributed by atoms with Gasteiger partial charge in [-0.1, -0.05) is 38.7 Å². The van der Waals surface area contributed by atoms with Gasteiger partial charge in [0.05, 0.1) is 22.6 Å². The van der Waals surface area contributed by atoms with Gasteiger partial charge in [-0.15, -0.1) is 0 Å². The molecule has 0 spiro atoms. The Morgan fingerprint density at radius 1 is 1.25 bits per heavy atom. The van der Waals surface area contributed by atoms with Gasteiger partial charge >= 0.3 is 6.61 Å². The van der Waals surface area contributed by atoms with Crippen molar-refractivity contribution in [2.45, 2.75) is 52.7 Å². The number of rotatable bonds is 3. The fraction of sp³-hybridized carbons (Fsp3) is 0.429. The molecule has 1 saturated heterocycles. The highest BCUT2D eigenvalue weighted by Crippen LogP contribution is 2.40. The molecule has 6 nitrogen and oxygen atoms in total. The number of carbonyl (C=O) groups excluding carboxylic acids is 1. The third-order valence-electron chi connectivity index (χ3n) is 6.54. The van der Waals surface area contributed by atoms with E-state index in [1.807, 2.05) is 39.0 Å². The molecule has 2 aromatic carbocycles. The molecule has 0 radical (unpaired) electrons. The van der Waals surface area contributed by atoms with Crippen molar-refractivity contribution in [2.24, 2.45) is 5.92 Å². The van der Waals surface area contributed by atoms with Gasteiger partial charge in [0.1, 0.15) is 11.5 Å². The quantitative estimate of drug-likeness (QED) is 0.486. The Kier molecular flexibility index (Phi) is 7.90. The summed E-state index contributed by atoms with van der Waals surface area (Å²) >= 11 is 0. The van der Waals surface area contributed by atoms with Crippen LogP contribution in [0.5, 0.6) is 5.75 Å². The summed E-state index contributed by atoms with van der Waals surface area (Å²) in [6.45, 7) is 4.86. The fourth-order valence-electron chi connectivity index (χ4n) is 4.87. The number of halogens is 2. The molecule has 3 aromatic rings. The standard InChI is InChI=1S/C26H26F2N4O2.C2H6/c1-3-20-24-30-19-12-11-16(9-10-17-6-5-13-29-15-17)14-21(19)32(24)23-18(25(33)31(20)2)7-4-8-22(23)34-26(27)28;1-2/h4,7-8,11-12,14,17,20,26,29H,3,5-6,13,15H2,1-2H3;1-2H3/t17?,20-;/m1./s1. The lowest BCUT2D eigenvalue weighted by Crippen LogP contribution is -2.30. The van der Waals surface area contributed by atoms with Gasteiger partial charge in [-0.2, -0.15) is 8.78 Å². The second-order valence-electron chi connectivity index (χ2n) is 8.69. The van der Waals surface area contributed by atoms with Crippen molar-refractivity contribution in [3.63, 3.8) is 0 Å². The van der Waals surface area contributed by atoms with Crippen molar-refractivity contribution in [1.29, 1.82) is 0 Å². The molecule has 3 heterocycles. The van der Waals surface area contributed by atoms with Gasteiger partial charge in [0.15, 0.2) is 5.75 Å². The molecule has 5 rings (SSSR count). The average molecular weight is 495 g/mol. The molecule has 8 heteroatoms. The lowest BCUT2D eigenvalue weighted by molar-refractivity contribution is -0.0498. The van der Waals surface area contributed by atoms with Gasteiger partial charge in [-0.3, -0.25) is 9.36 Å². The van der Waals surface area contributed by atoms with Gasteiger partial charge in [0.25, 0.3) is 5.91 Å². The summed E-state index contributed by atoms with van der Waals surface area (Å²) in [4.78, 5) is 19.8. The highest BCUT2D eigenvalue weighted by atomic mass is 19.3. The second kappa shape index (κ2) is 11.1. The lowest BCUT2D eigenvalue weighted by Gasteiger charge is -2.24. The minimum Gasteiger partial charge on any atom is -0.433 e. The zero-order valence-corrected chi connectivity index (χ0v) is 21.1. The molecule has 0 bridgehead atoms. The van der Waals surface area contributed by atoms with Gasteiger partial charge < -0.3 is 15.0 Å². The number of ether oxygens (including phenoxy) is 1. The third-order valence-corrected chi connectivity index (χ3v) is 6.54. The van der Waals surface area contributed by atoms with Crippen LogP contribution in [0, 0.1) is 17.8 Å². The summed E-state index contributed by atoms with van der Waals surface area (Å²) < 4.78 is 33.3. The molecule has 2 atom stereocenters.